The minimum Gasteiger partial charge on any atom is -0.386 e. The number of halogens is 1. The topological polar surface area (TPSA) is 69.6 Å². The van der Waals surface area contributed by atoms with E-state index in [9.17, 15) is 19.1 Å². The maximum absolute atomic E-state index is 13.5. The Morgan fingerprint density at radius 1 is 1.40 bits per heavy atom. The third kappa shape index (κ3) is 2.80. The van der Waals surface area contributed by atoms with Gasteiger partial charge in [-0.05, 0) is 12.5 Å². The van der Waals surface area contributed by atoms with Crippen molar-refractivity contribution in [3.63, 3.8) is 0 Å². The van der Waals surface area contributed by atoms with Crippen molar-refractivity contribution < 1.29 is 19.1 Å². The van der Waals surface area contributed by atoms with E-state index in [1.165, 1.54) is 18.2 Å². The van der Waals surface area contributed by atoms with Crippen molar-refractivity contribution in [2.24, 2.45) is 0 Å². The molecular formula is C14H17FN2O3. The van der Waals surface area contributed by atoms with Gasteiger partial charge in [-0.1, -0.05) is 31.5 Å². The number of β-amino-alcohol motifs (C(OH)–C–C–N with tert-alkyl or cyclic N) is 1. The number of aliphatic hydroxyl groups excluding tert-OH is 1. The second kappa shape index (κ2) is 6.00. The van der Waals surface area contributed by atoms with Gasteiger partial charge in [-0.2, -0.15) is 0 Å². The molecule has 0 aromatic heterocycles. The first-order valence-electron chi connectivity index (χ1n) is 6.59. The lowest BCUT2D eigenvalue weighted by Gasteiger charge is -2.18. The van der Waals surface area contributed by atoms with Gasteiger partial charge in [0.15, 0.2) is 0 Å². The Bertz CT molecular complexity index is 521. The van der Waals surface area contributed by atoms with Gasteiger partial charge in [-0.25, -0.2) is 9.18 Å². The molecule has 1 saturated heterocycles. The second-order valence-electron chi connectivity index (χ2n) is 4.78. The van der Waals surface area contributed by atoms with E-state index < -0.39 is 24.0 Å². The second-order valence-corrected chi connectivity index (χ2v) is 4.78. The van der Waals surface area contributed by atoms with Crippen LogP contribution in [0.25, 0.3) is 0 Å². The fraction of sp³-hybridized carbons (Fsp3) is 0.429. The van der Waals surface area contributed by atoms with Crippen LogP contribution in [0.4, 0.5) is 9.18 Å². The van der Waals surface area contributed by atoms with E-state index in [1.807, 2.05) is 6.92 Å². The molecular weight excluding hydrogens is 263 g/mol. The standard InChI is InChI=1S/C14H17FN2O3/c1-2-5-11-13(19)17(14(20)16-11)8-12(18)9-6-3-4-7-10(9)15/h3-4,6-7,11-12,18H,2,5,8H2,1H3,(H,16,20)/t11-,12+/m1/s1. The lowest BCUT2D eigenvalue weighted by Crippen LogP contribution is -2.35. The van der Waals surface area contributed by atoms with Crippen molar-refractivity contribution in [3.05, 3.63) is 35.6 Å². The quantitative estimate of drug-likeness (QED) is 0.805. The van der Waals surface area contributed by atoms with Crippen LogP contribution in [-0.4, -0.2) is 34.5 Å². The first-order chi connectivity index (χ1) is 9.54. The van der Waals surface area contributed by atoms with Crippen LogP contribution in [0.3, 0.4) is 0 Å². The first kappa shape index (κ1) is 14.5. The smallest absolute Gasteiger partial charge is 0.324 e. The number of imide groups is 1. The molecule has 3 amide bonds. The molecule has 0 unspecified atom stereocenters. The summed E-state index contributed by atoms with van der Waals surface area (Å²) >= 11 is 0. The summed E-state index contributed by atoms with van der Waals surface area (Å²) in [5.74, 6) is -0.926. The number of amides is 3. The molecule has 1 aromatic rings. The Morgan fingerprint density at radius 2 is 2.10 bits per heavy atom. The largest absolute Gasteiger partial charge is 0.386 e. The zero-order chi connectivity index (χ0) is 14.7. The van der Waals surface area contributed by atoms with Gasteiger partial charge in [-0.15, -0.1) is 0 Å². The summed E-state index contributed by atoms with van der Waals surface area (Å²) in [6.07, 6.45) is 0.0864. The highest BCUT2D eigenvalue weighted by Gasteiger charge is 2.38. The number of carbonyl (C=O) groups excluding carboxylic acids is 2. The number of nitrogens with one attached hydrogen (secondary N) is 1. The zero-order valence-corrected chi connectivity index (χ0v) is 11.2. The van der Waals surface area contributed by atoms with E-state index >= 15 is 0 Å². The first-order valence-corrected chi connectivity index (χ1v) is 6.59. The predicted octanol–water partition coefficient (Wildman–Crippen LogP) is 1.58. The lowest BCUT2D eigenvalue weighted by atomic mass is 10.1. The molecule has 1 aliphatic rings. The van der Waals surface area contributed by atoms with Gasteiger partial charge >= 0.3 is 6.03 Å². The number of hydrogen-bond donors (Lipinski definition) is 2. The highest BCUT2D eigenvalue weighted by atomic mass is 19.1. The summed E-state index contributed by atoms with van der Waals surface area (Å²) in [6.45, 7) is 1.67. The molecule has 2 rings (SSSR count). The van der Waals surface area contributed by atoms with Crippen LogP contribution < -0.4 is 5.32 Å². The van der Waals surface area contributed by atoms with Crippen LogP contribution in [0.15, 0.2) is 24.3 Å². The Morgan fingerprint density at radius 3 is 2.75 bits per heavy atom. The molecule has 1 fully saturated rings. The summed E-state index contributed by atoms with van der Waals surface area (Å²) in [6, 6.07) is 4.68. The predicted molar refractivity (Wildman–Crippen MR) is 70.3 cm³/mol. The number of aliphatic hydroxyl groups is 1. The van der Waals surface area contributed by atoms with E-state index in [1.54, 1.807) is 6.07 Å². The highest BCUT2D eigenvalue weighted by Crippen LogP contribution is 2.20. The van der Waals surface area contributed by atoms with E-state index in [0.717, 1.165) is 11.3 Å². The van der Waals surface area contributed by atoms with Gasteiger partial charge in [0.2, 0.25) is 0 Å². The fourth-order valence-electron chi connectivity index (χ4n) is 2.25. The third-order valence-electron chi connectivity index (χ3n) is 3.30. The maximum atomic E-state index is 13.5. The fourth-order valence-corrected chi connectivity index (χ4v) is 2.25. The van der Waals surface area contributed by atoms with Gasteiger partial charge in [0.1, 0.15) is 11.9 Å². The monoisotopic (exact) mass is 280 g/mol. The SMILES string of the molecule is CCC[C@H]1NC(=O)N(C[C@H](O)c2ccccc2F)C1=O. The van der Waals surface area contributed by atoms with Crippen LogP contribution in [0.5, 0.6) is 0 Å². The molecule has 20 heavy (non-hydrogen) atoms. The van der Waals surface area contributed by atoms with E-state index in [2.05, 4.69) is 5.32 Å². The molecule has 5 nitrogen and oxygen atoms in total. The molecule has 0 radical (unpaired) electrons. The molecule has 1 aliphatic heterocycles. The van der Waals surface area contributed by atoms with Crippen LogP contribution in [-0.2, 0) is 4.79 Å². The van der Waals surface area contributed by atoms with Crippen molar-refractivity contribution in [3.8, 4) is 0 Å². The number of benzene rings is 1. The Labute approximate surface area is 116 Å². The van der Waals surface area contributed by atoms with Gasteiger partial charge < -0.3 is 10.4 Å². The van der Waals surface area contributed by atoms with Gasteiger partial charge in [0.25, 0.3) is 5.91 Å². The van der Waals surface area contributed by atoms with Crippen molar-refractivity contribution in [2.75, 3.05) is 6.54 Å². The van der Waals surface area contributed by atoms with E-state index in [4.69, 9.17) is 0 Å². The van der Waals surface area contributed by atoms with Crippen molar-refractivity contribution in [2.45, 2.75) is 31.9 Å². The van der Waals surface area contributed by atoms with Crippen molar-refractivity contribution in [1.82, 2.24) is 10.2 Å². The summed E-state index contributed by atoms with van der Waals surface area (Å²) in [4.78, 5) is 24.6. The molecule has 0 bridgehead atoms. The number of hydrogen-bond acceptors (Lipinski definition) is 3. The van der Waals surface area contributed by atoms with Gasteiger partial charge in [0.05, 0.1) is 12.6 Å². The average molecular weight is 280 g/mol. The Hall–Kier alpha value is -1.95. The van der Waals surface area contributed by atoms with E-state index in [0.29, 0.717) is 6.42 Å². The van der Waals surface area contributed by atoms with Crippen LogP contribution in [0.1, 0.15) is 31.4 Å². The molecule has 108 valence electrons. The molecule has 1 heterocycles. The van der Waals surface area contributed by atoms with Crippen molar-refractivity contribution >= 4 is 11.9 Å². The van der Waals surface area contributed by atoms with Gasteiger partial charge in [0, 0.05) is 5.56 Å². The van der Waals surface area contributed by atoms with E-state index in [-0.39, 0.29) is 18.0 Å². The Balaban J connectivity index is 2.08. The Kier molecular flexibility index (Phi) is 4.34. The normalized spacial score (nSPS) is 20.1. The lowest BCUT2D eigenvalue weighted by molar-refractivity contribution is -0.128. The number of carbonyl (C=O) groups is 2. The summed E-state index contributed by atoms with van der Waals surface area (Å²) < 4.78 is 13.5. The third-order valence-corrected chi connectivity index (χ3v) is 3.30. The average Bonchev–Trinajstić information content (AvgIpc) is 2.67. The summed E-state index contributed by atoms with van der Waals surface area (Å²) in [5, 5.41) is 12.6. The minimum atomic E-state index is -1.23. The number of urea groups is 1. The maximum Gasteiger partial charge on any atom is 0.324 e. The zero-order valence-electron chi connectivity index (χ0n) is 11.2. The molecule has 0 spiro atoms. The minimum absolute atomic E-state index is 0.0760. The van der Waals surface area contributed by atoms with Crippen LogP contribution in [0.2, 0.25) is 0 Å². The van der Waals surface area contributed by atoms with Crippen molar-refractivity contribution in [1.29, 1.82) is 0 Å². The number of nitrogens with zero attached hydrogens (tertiary/aromatic N) is 1. The molecule has 0 saturated carbocycles. The molecule has 0 aliphatic carbocycles. The van der Waals surface area contributed by atoms with Crippen LogP contribution >= 0.6 is 0 Å². The molecule has 2 atom stereocenters. The van der Waals surface area contributed by atoms with Gasteiger partial charge in [-0.3, -0.25) is 9.69 Å². The highest BCUT2D eigenvalue weighted by molar-refractivity contribution is 6.04. The van der Waals surface area contributed by atoms with Crippen LogP contribution in [0, 0.1) is 5.82 Å². The number of rotatable bonds is 5. The molecule has 1 aromatic carbocycles. The summed E-state index contributed by atoms with van der Waals surface area (Å²) in [7, 11) is 0. The molecule has 2 N–H and O–H groups in total. The summed E-state index contributed by atoms with van der Waals surface area (Å²) in [5.41, 5.74) is 0.0760. The molecule has 6 heteroatoms.